The minimum Gasteiger partial charge on any atom is -0.497 e. The molecule has 7 nitrogen and oxygen atoms in total. The van der Waals surface area contributed by atoms with Crippen LogP contribution >= 0.6 is 35.0 Å². The summed E-state index contributed by atoms with van der Waals surface area (Å²) in [6.07, 6.45) is 0. The van der Waals surface area contributed by atoms with Gasteiger partial charge in [-0.25, -0.2) is 13.1 Å². The number of rotatable bonds is 9. The molecular weight excluding hydrogens is 527 g/mol. The van der Waals surface area contributed by atoms with Crippen molar-refractivity contribution < 1.29 is 13.2 Å². The highest BCUT2D eigenvalue weighted by Gasteiger charge is 2.25. The van der Waals surface area contributed by atoms with E-state index >= 15 is 0 Å². The number of sulfonamides is 1. The molecule has 0 radical (unpaired) electrons. The van der Waals surface area contributed by atoms with E-state index in [-0.39, 0.29) is 4.90 Å². The lowest BCUT2D eigenvalue weighted by atomic mass is 10.2. The van der Waals surface area contributed by atoms with Crippen molar-refractivity contribution in [3.05, 3.63) is 94.2 Å². The van der Waals surface area contributed by atoms with Crippen molar-refractivity contribution in [1.82, 2.24) is 19.5 Å². The average molecular weight is 550 g/mol. The Balaban J connectivity index is 1.68. The number of methoxy groups -OCH3 is 1. The van der Waals surface area contributed by atoms with Crippen molar-refractivity contribution in [1.29, 1.82) is 0 Å². The number of aromatic nitrogens is 3. The van der Waals surface area contributed by atoms with Crippen LogP contribution in [-0.2, 0) is 15.8 Å². The second kappa shape index (κ2) is 11.0. The van der Waals surface area contributed by atoms with Crippen LogP contribution in [0.15, 0.2) is 82.8 Å². The Bertz CT molecular complexity index is 1410. The van der Waals surface area contributed by atoms with Crippen molar-refractivity contribution in [2.75, 3.05) is 7.11 Å². The summed E-state index contributed by atoms with van der Waals surface area (Å²) in [6.45, 7) is 1.71. The van der Waals surface area contributed by atoms with Crippen LogP contribution in [0.1, 0.15) is 24.4 Å². The van der Waals surface area contributed by atoms with Crippen LogP contribution in [0.3, 0.4) is 0 Å². The molecule has 3 aromatic carbocycles. The Kier molecular flexibility index (Phi) is 8.03. The third-order valence-electron chi connectivity index (χ3n) is 5.11. The number of hydrogen-bond acceptors (Lipinski definition) is 6. The molecule has 1 heterocycles. The van der Waals surface area contributed by atoms with Crippen LogP contribution in [0, 0.1) is 0 Å². The number of benzene rings is 3. The van der Waals surface area contributed by atoms with Crippen LogP contribution in [0.4, 0.5) is 0 Å². The van der Waals surface area contributed by atoms with Crippen molar-refractivity contribution >= 4 is 45.0 Å². The molecule has 0 aliphatic heterocycles. The molecule has 0 fully saturated rings. The van der Waals surface area contributed by atoms with Gasteiger partial charge in [0.1, 0.15) is 5.75 Å². The molecule has 1 aromatic heterocycles. The summed E-state index contributed by atoms with van der Waals surface area (Å²) in [5.41, 5.74) is 1.71. The third kappa shape index (κ3) is 5.99. The van der Waals surface area contributed by atoms with Gasteiger partial charge in [0, 0.05) is 10.8 Å². The van der Waals surface area contributed by atoms with E-state index in [2.05, 4.69) is 14.9 Å². The van der Waals surface area contributed by atoms with Gasteiger partial charge in [0.25, 0.3) is 0 Å². The van der Waals surface area contributed by atoms with E-state index in [4.69, 9.17) is 27.9 Å². The number of halogens is 2. The van der Waals surface area contributed by atoms with Crippen molar-refractivity contribution in [2.45, 2.75) is 28.8 Å². The molecule has 0 aliphatic carbocycles. The molecule has 35 heavy (non-hydrogen) atoms. The van der Waals surface area contributed by atoms with E-state index in [1.165, 1.54) is 31.0 Å². The molecule has 1 atom stereocenters. The van der Waals surface area contributed by atoms with Gasteiger partial charge in [0.15, 0.2) is 11.0 Å². The summed E-state index contributed by atoms with van der Waals surface area (Å²) in [7, 11) is -2.32. The highest BCUT2D eigenvalue weighted by atomic mass is 35.5. The summed E-state index contributed by atoms with van der Waals surface area (Å²) in [5, 5.41) is 10.1. The molecule has 4 rings (SSSR count). The topological polar surface area (TPSA) is 86.1 Å². The minimum absolute atomic E-state index is 0.111. The fourth-order valence-corrected chi connectivity index (χ4v) is 5.98. The number of nitrogens with one attached hydrogen (secondary N) is 1. The van der Waals surface area contributed by atoms with Gasteiger partial charge in [0.2, 0.25) is 10.0 Å². The van der Waals surface area contributed by atoms with E-state index in [1.54, 1.807) is 41.8 Å². The quantitative estimate of drug-likeness (QED) is 0.261. The van der Waals surface area contributed by atoms with Crippen molar-refractivity contribution in [3.8, 4) is 11.4 Å². The maximum absolute atomic E-state index is 13.0. The van der Waals surface area contributed by atoms with Gasteiger partial charge >= 0.3 is 0 Å². The van der Waals surface area contributed by atoms with E-state index in [9.17, 15) is 8.42 Å². The summed E-state index contributed by atoms with van der Waals surface area (Å²) < 4.78 is 35.6. The van der Waals surface area contributed by atoms with Gasteiger partial charge in [-0.05, 0) is 55.0 Å². The Morgan fingerprint density at radius 3 is 2.40 bits per heavy atom. The van der Waals surface area contributed by atoms with E-state index in [0.29, 0.717) is 38.2 Å². The van der Waals surface area contributed by atoms with Crippen LogP contribution < -0.4 is 9.46 Å². The first kappa shape index (κ1) is 25.5. The largest absolute Gasteiger partial charge is 0.497 e. The Morgan fingerprint density at radius 1 is 1.03 bits per heavy atom. The maximum atomic E-state index is 13.0. The summed E-state index contributed by atoms with van der Waals surface area (Å²) in [4.78, 5) is 0.111. The number of thioether (sulfide) groups is 1. The first-order chi connectivity index (χ1) is 16.8. The predicted molar refractivity (Wildman–Crippen MR) is 139 cm³/mol. The molecule has 0 spiro atoms. The van der Waals surface area contributed by atoms with Gasteiger partial charge in [-0.1, -0.05) is 65.3 Å². The average Bonchev–Trinajstić information content (AvgIpc) is 3.27. The van der Waals surface area contributed by atoms with Gasteiger partial charge in [-0.2, -0.15) is 0 Å². The summed E-state index contributed by atoms with van der Waals surface area (Å²) in [6, 6.07) is 20.5. The molecule has 0 bridgehead atoms. The van der Waals surface area contributed by atoms with Crippen LogP contribution in [0.25, 0.3) is 5.69 Å². The Hall–Kier alpha value is -2.56. The van der Waals surface area contributed by atoms with Gasteiger partial charge < -0.3 is 4.74 Å². The SMILES string of the molecule is COc1ccc(S(=O)(=O)NC(C)c2nnc(SCc3ccccc3)n2-c2ccc(Cl)cc2Cl)cc1. The fourth-order valence-electron chi connectivity index (χ4n) is 3.37. The first-order valence-electron chi connectivity index (χ1n) is 10.5. The van der Waals surface area contributed by atoms with E-state index < -0.39 is 16.1 Å². The molecule has 4 aromatic rings. The van der Waals surface area contributed by atoms with Crippen molar-refractivity contribution in [3.63, 3.8) is 0 Å². The molecule has 0 aliphatic rings. The Labute approximate surface area is 218 Å². The zero-order valence-electron chi connectivity index (χ0n) is 18.9. The van der Waals surface area contributed by atoms with Crippen LogP contribution in [-0.4, -0.2) is 30.3 Å². The van der Waals surface area contributed by atoms with Crippen molar-refractivity contribution in [2.24, 2.45) is 0 Å². The smallest absolute Gasteiger partial charge is 0.241 e. The molecule has 1 unspecified atom stereocenters. The minimum atomic E-state index is -3.84. The highest BCUT2D eigenvalue weighted by Crippen LogP contribution is 2.32. The lowest BCUT2D eigenvalue weighted by Gasteiger charge is -2.17. The highest BCUT2D eigenvalue weighted by molar-refractivity contribution is 7.98. The first-order valence-corrected chi connectivity index (χ1v) is 13.7. The third-order valence-corrected chi connectivity index (χ3v) is 8.20. The zero-order chi connectivity index (χ0) is 25.0. The number of hydrogen-bond donors (Lipinski definition) is 1. The summed E-state index contributed by atoms with van der Waals surface area (Å²) in [5.74, 6) is 1.60. The molecule has 0 saturated heterocycles. The second-order valence-corrected chi connectivity index (χ2v) is 11.1. The van der Waals surface area contributed by atoms with Crippen LogP contribution in [0.2, 0.25) is 10.0 Å². The van der Waals surface area contributed by atoms with Crippen LogP contribution in [0.5, 0.6) is 5.75 Å². The second-order valence-electron chi connectivity index (χ2n) is 7.56. The number of nitrogens with zero attached hydrogens (tertiary/aromatic N) is 3. The lowest BCUT2D eigenvalue weighted by molar-refractivity contribution is 0.414. The lowest BCUT2D eigenvalue weighted by Crippen LogP contribution is -2.28. The maximum Gasteiger partial charge on any atom is 0.241 e. The fraction of sp³-hybridized carbons (Fsp3) is 0.167. The van der Waals surface area contributed by atoms with Gasteiger partial charge in [0.05, 0.1) is 28.8 Å². The summed E-state index contributed by atoms with van der Waals surface area (Å²) >= 11 is 14.1. The molecule has 0 saturated carbocycles. The molecule has 1 N–H and O–H groups in total. The number of ether oxygens (including phenoxy) is 1. The monoisotopic (exact) mass is 548 g/mol. The molecule has 0 amide bonds. The van der Waals surface area contributed by atoms with E-state index in [0.717, 1.165) is 5.56 Å². The van der Waals surface area contributed by atoms with Gasteiger partial charge in [-0.15, -0.1) is 10.2 Å². The van der Waals surface area contributed by atoms with Gasteiger partial charge in [-0.3, -0.25) is 4.57 Å². The Morgan fingerprint density at radius 2 is 1.74 bits per heavy atom. The predicted octanol–water partition coefficient (Wildman–Crippen LogP) is 5.91. The standard InChI is InChI=1S/C24H22Cl2N4O3S2/c1-16(29-35(31,32)20-11-9-19(33-2)10-12-20)23-27-28-24(34-15-17-6-4-3-5-7-17)30(23)22-13-8-18(25)14-21(22)26/h3-14,16,29H,15H2,1-2H3. The van der Waals surface area contributed by atoms with E-state index in [1.807, 2.05) is 30.3 Å². The molecule has 11 heteroatoms. The zero-order valence-corrected chi connectivity index (χ0v) is 22.0. The molecule has 182 valence electrons. The normalized spacial score (nSPS) is 12.5. The molecular formula is C24H22Cl2N4O3S2.